The van der Waals surface area contributed by atoms with E-state index < -0.39 is 11.9 Å². The average Bonchev–Trinajstić information content (AvgIpc) is 3.16. The molecule has 3 heterocycles. The Morgan fingerprint density at radius 1 is 0.862 bits per heavy atom. The van der Waals surface area contributed by atoms with E-state index in [-0.39, 0.29) is 0 Å². The largest absolute Gasteiger partial charge is 0.478 e. The van der Waals surface area contributed by atoms with Gasteiger partial charge in [-0.25, -0.2) is 9.59 Å². The first kappa shape index (κ1) is 23.0. The predicted molar refractivity (Wildman–Crippen MR) is 108 cm³/mol. The summed E-state index contributed by atoms with van der Waals surface area (Å²) in [5, 5.41) is 24.2. The van der Waals surface area contributed by atoms with Crippen LogP contribution in [0.25, 0.3) is 0 Å². The van der Waals surface area contributed by atoms with Crippen molar-refractivity contribution < 1.29 is 19.8 Å². The lowest BCUT2D eigenvalue weighted by atomic mass is 10.1. The van der Waals surface area contributed by atoms with Crippen LogP contribution in [0, 0.1) is 0 Å². The van der Waals surface area contributed by atoms with E-state index in [1.165, 1.54) is 77.7 Å². The Bertz CT molecular complexity index is 633. The zero-order valence-corrected chi connectivity index (χ0v) is 17.1. The lowest BCUT2D eigenvalue weighted by Gasteiger charge is -2.26. The van der Waals surface area contributed by atoms with Gasteiger partial charge in [0.15, 0.2) is 0 Å². The molecule has 0 spiro atoms. The van der Waals surface area contributed by atoms with Gasteiger partial charge in [-0.1, -0.05) is 18.1 Å². The molecule has 2 aliphatic rings. The summed E-state index contributed by atoms with van der Waals surface area (Å²) >= 11 is 0. The molecule has 0 atom stereocenters. The van der Waals surface area contributed by atoms with Crippen LogP contribution in [0.3, 0.4) is 0 Å². The zero-order valence-electron chi connectivity index (χ0n) is 17.1. The minimum atomic E-state index is -1.26. The summed E-state index contributed by atoms with van der Waals surface area (Å²) in [7, 11) is 0. The Morgan fingerprint density at radius 2 is 1.41 bits per heavy atom. The van der Waals surface area contributed by atoms with Crippen LogP contribution < -0.4 is 0 Å². The van der Waals surface area contributed by atoms with Gasteiger partial charge >= 0.3 is 11.9 Å². The molecule has 0 saturated carbocycles. The molecule has 162 valence electrons. The lowest BCUT2D eigenvalue weighted by Crippen LogP contribution is -2.31. The van der Waals surface area contributed by atoms with E-state index in [1.807, 2.05) is 4.68 Å². The monoisotopic (exact) mass is 407 g/mol. The number of rotatable bonds is 8. The van der Waals surface area contributed by atoms with Gasteiger partial charge in [-0.3, -0.25) is 9.58 Å². The summed E-state index contributed by atoms with van der Waals surface area (Å²) in [5.74, 6) is -2.51. The molecular formula is C20H33N5O4. The van der Waals surface area contributed by atoms with Crippen LogP contribution in [0.2, 0.25) is 0 Å². The summed E-state index contributed by atoms with van der Waals surface area (Å²) in [6, 6.07) is 0. The van der Waals surface area contributed by atoms with Crippen LogP contribution in [0.1, 0.15) is 50.6 Å². The Hall–Kier alpha value is -2.26. The smallest absolute Gasteiger partial charge is 0.328 e. The second-order valence-corrected chi connectivity index (χ2v) is 7.58. The third-order valence-corrected chi connectivity index (χ3v) is 5.10. The van der Waals surface area contributed by atoms with Crippen molar-refractivity contribution in [2.24, 2.45) is 0 Å². The lowest BCUT2D eigenvalue weighted by molar-refractivity contribution is -0.134. The molecule has 29 heavy (non-hydrogen) atoms. The number of hydrogen-bond donors (Lipinski definition) is 2. The quantitative estimate of drug-likeness (QED) is 0.628. The van der Waals surface area contributed by atoms with Gasteiger partial charge in [0, 0.05) is 31.4 Å². The summed E-state index contributed by atoms with van der Waals surface area (Å²) in [4.78, 5) is 24.2. The van der Waals surface area contributed by atoms with Crippen molar-refractivity contribution >= 4 is 11.9 Å². The van der Waals surface area contributed by atoms with E-state index >= 15 is 0 Å². The number of piperidine rings is 2. The Labute approximate surface area is 172 Å². The van der Waals surface area contributed by atoms with Crippen LogP contribution in [-0.4, -0.2) is 79.7 Å². The number of aromatic nitrogens is 3. The molecule has 2 fully saturated rings. The first-order valence-electron chi connectivity index (χ1n) is 10.5. The summed E-state index contributed by atoms with van der Waals surface area (Å²) in [6.07, 6.45) is 12.7. The van der Waals surface area contributed by atoms with Crippen LogP contribution >= 0.6 is 0 Å². The maximum Gasteiger partial charge on any atom is 0.328 e. The van der Waals surface area contributed by atoms with E-state index in [9.17, 15) is 9.59 Å². The normalized spacial score (nSPS) is 18.3. The molecule has 1 aromatic rings. The highest BCUT2D eigenvalue weighted by Gasteiger charge is 2.13. The molecule has 9 heteroatoms. The topological polar surface area (TPSA) is 112 Å². The number of carbonyl (C=O) groups is 2. The van der Waals surface area contributed by atoms with Crippen LogP contribution in [0.4, 0.5) is 0 Å². The van der Waals surface area contributed by atoms with Gasteiger partial charge in [0.2, 0.25) is 0 Å². The molecule has 0 unspecified atom stereocenters. The van der Waals surface area contributed by atoms with E-state index in [0.29, 0.717) is 12.2 Å². The molecule has 1 aromatic heterocycles. The molecule has 9 nitrogen and oxygen atoms in total. The maximum atomic E-state index is 9.55. The molecule has 0 aromatic carbocycles. The third kappa shape index (κ3) is 10.2. The average molecular weight is 408 g/mol. The van der Waals surface area contributed by atoms with E-state index in [4.69, 9.17) is 10.2 Å². The van der Waals surface area contributed by atoms with Gasteiger partial charge in [-0.15, -0.1) is 5.10 Å². The highest BCUT2D eigenvalue weighted by Crippen LogP contribution is 2.12. The summed E-state index contributed by atoms with van der Waals surface area (Å²) in [5.41, 5.74) is 1.13. The van der Waals surface area contributed by atoms with Crippen LogP contribution in [-0.2, 0) is 22.7 Å². The van der Waals surface area contributed by atoms with Crippen molar-refractivity contribution in [1.82, 2.24) is 24.8 Å². The number of likely N-dealkylation sites (tertiary alicyclic amines) is 2. The van der Waals surface area contributed by atoms with Gasteiger partial charge in [-0.2, -0.15) is 0 Å². The molecule has 0 bridgehead atoms. The molecule has 0 aliphatic carbocycles. The zero-order chi connectivity index (χ0) is 20.9. The molecule has 2 N–H and O–H groups in total. The minimum absolute atomic E-state index is 0.558. The molecule has 0 amide bonds. The number of nitrogens with zero attached hydrogens (tertiary/aromatic N) is 5. The van der Waals surface area contributed by atoms with Crippen LogP contribution in [0.15, 0.2) is 18.3 Å². The van der Waals surface area contributed by atoms with Gasteiger partial charge < -0.3 is 15.1 Å². The van der Waals surface area contributed by atoms with Gasteiger partial charge in [0.05, 0.1) is 5.69 Å². The van der Waals surface area contributed by atoms with Gasteiger partial charge in [-0.05, 0) is 64.8 Å². The SMILES string of the molecule is O=C(O)/C=C/C(=O)O.c1c(CN2CCCCC2)nnn1CCCN1CCCCC1. The minimum Gasteiger partial charge on any atom is -0.478 e. The summed E-state index contributed by atoms with van der Waals surface area (Å²) < 4.78 is 2.03. The Balaban J connectivity index is 0.000000321. The van der Waals surface area contributed by atoms with Crippen molar-refractivity contribution in [2.75, 3.05) is 32.7 Å². The molecule has 0 radical (unpaired) electrons. The molecular weight excluding hydrogens is 374 g/mol. The van der Waals surface area contributed by atoms with E-state index in [2.05, 4.69) is 26.3 Å². The fourth-order valence-electron chi connectivity index (χ4n) is 3.65. The predicted octanol–water partition coefficient (Wildman–Crippen LogP) is 1.85. The third-order valence-electron chi connectivity index (χ3n) is 5.10. The molecule has 2 saturated heterocycles. The number of carboxylic acids is 2. The Kier molecular flexibility index (Phi) is 10.4. The summed E-state index contributed by atoms with van der Waals surface area (Å²) in [6.45, 7) is 8.22. The van der Waals surface area contributed by atoms with E-state index in [0.717, 1.165) is 18.8 Å². The van der Waals surface area contributed by atoms with E-state index in [1.54, 1.807) is 0 Å². The molecule has 2 aliphatic heterocycles. The van der Waals surface area contributed by atoms with Gasteiger partial charge in [0.1, 0.15) is 0 Å². The fraction of sp³-hybridized carbons (Fsp3) is 0.700. The molecule has 3 rings (SSSR count). The fourth-order valence-corrected chi connectivity index (χ4v) is 3.65. The van der Waals surface area contributed by atoms with Crippen molar-refractivity contribution in [3.63, 3.8) is 0 Å². The second kappa shape index (κ2) is 13.1. The second-order valence-electron chi connectivity index (χ2n) is 7.58. The maximum absolute atomic E-state index is 9.55. The first-order valence-corrected chi connectivity index (χ1v) is 10.5. The highest BCUT2D eigenvalue weighted by atomic mass is 16.4. The van der Waals surface area contributed by atoms with Crippen molar-refractivity contribution in [3.8, 4) is 0 Å². The number of aryl methyl sites for hydroxylation is 1. The Morgan fingerprint density at radius 3 is 1.97 bits per heavy atom. The van der Waals surface area contributed by atoms with Crippen molar-refractivity contribution in [2.45, 2.75) is 58.0 Å². The highest BCUT2D eigenvalue weighted by molar-refractivity contribution is 5.89. The van der Waals surface area contributed by atoms with Gasteiger partial charge in [0.25, 0.3) is 0 Å². The first-order chi connectivity index (χ1) is 14.0. The standard InChI is InChI=1S/C16H29N5.C4H4O4/c1-3-8-19(9-4-1)12-7-13-21-15-16(17-18-21)14-20-10-5-2-6-11-20;5-3(6)1-2-4(7)8/h15H,1-14H2;1-2H,(H,5,6)(H,7,8)/b;2-1+. The number of aliphatic carboxylic acids is 2. The number of carboxylic acid groups (broad SMARTS) is 2. The van der Waals surface area contributed by atoms with Crippen LogP contribution in [0.5, 0.6) is 0 Å². The van der Waals surface area contributed by atoms with Crippen molar-refractivity contribution in [1.29, 1.82) is 0 Å². The number of hydrogen-bond acceptors (Lipinski definition) is 6. The van der Waals surface area contributed by atoms with Crippen molar-refractivity contribution in [3.05, 3.63) is 24.0 Å².